The largest absolute Gasteiger partial charge is 0.264 e. The first-order valence-corrected chi connectivity index (χ1v) is 15.3. The van der Waals surface area contributed by atoms with Crippen molar-refractivity contribution >= 4 is 10.8 Å². The highest BCUT2D eigenvalue weighted by Crippen LogP contribution is 2.38. The number of pyridine rings is 1. The molecule has 0 amide bonds. The van der Waals surface area contributed by atoms with E-state index in [0.717, 1.165) is 38.9 Å². The van der Waals surface area contributed by atoms with E-state index in [2.05, 4.69) is 96.0 Å². The fraction of sp³-hybridized carbons (Fsp3) is 0. The molecule has 0 saturated carbocycles. The molecule has 0 aliphatic heterocycles. The van der Waals surface area contributed by atoms with Gasteiger partial charge in [-0.3, -0.25) is 4.98 Å². The van der Waals surface area contributed by atoms with Crippen LogP contribution < -0.4 is 0 Å². The van der Waals surface area contributed by atoms with E-state index in [0.29, 0.717) is 17.5 Å². The molecule has 8 rings (SSSR count). The molecule has 0 aliphatic carbocycles. The molecule has 0 bridgehead atoms. The first-order chi connectivity index (χ1) is 22.8. The highest BCUT2D eigenvalue weighted by molar-refractivity contribution is 6.05. The third kappa shape index (κ3) is 5.33. The monoisotopic (exact) mass is 588 g/mol. The van der Waals surface area contributed by atoms with Gasteiger partial charge in [0.25, 0.3) is 0 Å². The van der Waals surface area contributed by atoms with Gasteiger partial charge in [0, 0.05) is 34.6 Å². The van der Waals surface area contributed by atoms with E-state index in [-0.39, 0.29) is 0 Å². The molecule has 4 heteroatoms. The maximum Gasteiger partial charge on any atom is 0.164 e. The molecule has 0 saturated heterocycles. The predicted octanol–water partition coefficient (Wildman–Crippen LogP) is 10.4. The van der Waals surface area contributed by atoms with Gasteiger partial charge in [-0.1, -0.05) is 140 Å². The molecule has 0 radical (unpaired) electrons. The summed E-state index contributed by atoms with van der Waals surface area (Å²) in [6.07, 6.45) is 3.71. The Balaban J connectivity index is 1.23. The smallest absolute Gasteiger partial charge is 0.164 e. The Labute approximate surface area is 267 Å². The van der Waals surface area contributed by atoms with Crippen LogP contribution in [0.5, 0.6) is 0 Å². The fourth-order valence-electron chi connectivity index (χ4n) is 5.97. The minimum atomic E-state index is 0.641. The number of rotatable bonds is 6. The summed E-state index contributed by atoms with van der Waals surface area (Å²) in [6.45, 7) is 0. The molecule has 46 heavy (non-hydrogen) atoms. The summed E-state index contributed by atoms with van der Waals surface area (Å²) in [5.41, 5.74) is 9.72. The molecule has 2 aromatic heterocycles. The van der Waals surface area contributed by atoms with Crippen LogP contribution in [0.4, 0.5) is 0 Å². The second kappa shape index (κ2) is 12.0. The second-order valence-electron chi connectivity index (χ2n) is 11.1. The Bertz CT molecular complexity index is 2240. The molecule has 0 N–H and O–H groups in total. The topological polar surface area (TPSA) is 51.6 Å². The summed E-state index contributed by atoms with van der Waals surface area (Å²) < 4.78 is 0. The van der Waals surface area contributed by atoms with Crippen molar-refractivity contribution in [3.8, 4) is 67.5 Å². The Morgan fingerprint density at radius 3 is 1.28 bits per heavy atom. The summed E-state index contributed by atoms with van der Waals surface area (Å²) in [6, 6.07) is 54.5. The normalized spacial score (nSPS) is 11.0. The Kier molecular flexibility index (Phi) is 7.14. The number of aromatic nitrogens is 4. The lowest BCUT2D eigenvalue weighted by Gasteiger charge is -2.14. The summed E-state index contributed by atoms with van der Waals surface area (Å²) in [4.78, 5) is 19.1. The van der Waals surface area contributed by atoms with E-state index in [1.54, 1.807) is 6.20 Å². The van der Waals surface area contributed by atoms with E-state index < -0.39 is 0 Å². The second-order valence-corrected chi connectivity index (χ2v) is 11.1. The molecule has 216 valence electrons. The third-order valence-corrected chi connectivity index (χ3v) is 8.22. The van der Waals surface area contributed by atoms with Crippen molar-refractivity contribution in [2.75, 3.05) is 0 Å². The lowest BCUT2D eigenvalue weighted by atomic mass is 9.90. The SMILES string of the molecule is c1ccc(-c2nc(-c3ccccc3)nc(-c3cccc(-c4ccc(-c5cccc(-c6cccnc6)c5)c5ccccc45)c3)n2)cc1. The lowest BCUT2D eigenvalue weighted by Crippen LogP contribution is -2.00. The van der Waals surface area contributed by atoms with Gasteiger partial charge in [-0.25, -0.2) is 15.0 Å². The standard InChI is InChI=1S/C42H28N4/c1-3-12-29(13-4-1)40-44-41(30-14-5-2-6-15-30)46-42(45-40)34-19-10-18-33(27-34)37-24-23-36(38-21-7-8-22-39(37)38)32-17-9-16-31(26-32)35-20-11-25-43-28-35/h1-28H. The van der Waals surface area contributed by atoms with E-state index in [1.165, 1.54) is 21.9 Å². The van der Waals surface area contributed by atoms with Gasteiger partial charge < -0.3 is 0 Å². The van der Waals surface area contributed by atoms with Crippen molar-refractivity contribution < 1.29 is 0 Å². The quantitative estimate of drug-likeness (QED) is 0.194. The van der Waals surface area contributed by atoms with Crippen molar-refractivity contribution in [2.24, 2.45) is 0 Å². The van der Waals surface area contributed by atoms with Gasteiger partial charge in [-0.15, -0.1) is 0 Å². The van der Waals surface area contributed by atoms with Gasteiger partial charge in [-0.05, 0) is 56.8 Å². The number of hydrogen-bond donors (Lipinski definition) is 0. The number of fused-ring (bicyclic) bond motifs is 1. The third-order valence-electron chi connectivity index (χ3n) is 8.22. The van der Waals surface area contributed by atoms with Crippen LogP contribution in [0.25, 0.3) is 78.3 Å². The van der Waals surface area contributed by atoms with Crippen LogP contribution in [0.3, 0.4) is 0 Å². The highest BCUT2D eigenvalue weighted by atomic mass is 15.0. The molecule has 0 fully saturated rings. The van der Waals surface area contributed by atoms with Crippen molar-refractivity contribution in [1.29, 1.82) is 0 Å². The minimum Gasteiger partial charge on any atom is -0.264 e. The number of nitrogens with zero attached hydrogens (tertiary/aromatic N) is 4. The van der Waals surface area contributed by atoms with E-state index in [1.807, 2.05) is 72.9 Å². The van der Waals surface area contributed by atoms with Crippen LogP contribution in [0.15, 0.2) is 170 Å². The van der Waals surface area contributed by atoms with Gasteiger partial charge in [0.15, 0.2) is 17.5 Å². The van der Waals surface area contributed by atoms with Gasteiger partial charge in [0.1, 0.15) is 0 Å². The molecule has 6 aromatic carbocycles. The van der Waals surface area contributed by atoms with Crippen molar-refractivity contribution in [1.82, 2.24) is 19.9 Å². The van der Waals surface area contributed by atoms with Crippen molar-refractivity contribution in [3.05, 3.63) is 170 Å². The van der Waals surface area contributed by atoms with Gasteiger partial charge in [0.05, 0.1) is 0 Å². The summed E-state index contributed by atoms with van der Waals surface area (Å²) >= 11 is 0. The van der Waals surface area contributed by atoms with Crippen molar-refractivity contribution in [3.63, 3.8) is 0 Å². The maximum atomic E-state index is 4.96. The molecule has 4 nitrogen and oxygen atoms in total. The van der Waals surface area contributed by atoms with Crippen LogP contribution >= 0.6 is 0 Å². The van der Waals surface area contributed by atoms with Crippen LogP contribution in [0.1, 0.15) is 0 Å². The molecule has 0 unspecified atom stereocenters. The van der Waals surface area contributed by atoms with Gasteiger partial charge >= 0.3 is 0 Å². The van der Waals surface area contributed by atoms with Crippen LogP contribution in [-0.4, -0.2) is 19.9 Å². The summed E-state index contributed by atoms with van der Waals surface area (Å²) in [5.74, 6) is 1.94. The first kappa shape index (κ1) is 27.3. The van der Waals surface area contributed by atoms with E-state index >= 15 is 0 Å². The van der Waals surface area contributed by atoms with E-state index in [9.17, 15) is 0 Å². The highest BCUT2D eigenvalue weighted by Gasteiger charge is 2.15. The first-order valence-electron chi connectivity index (χ1n) is 15.3. The molecular formula is C42H28N4. The maximum absolute atomic E-state index is 4.96. The lowest BCUT2D eigenvalue weighted by molar-refractivity contribution is 1.07. The average Bonchev–Trinajstić information content (AvgIpc) is 3.15. The van der Waals surface area contributed by atoms with Crippen molar-refractivity contribution in [2.45, 2.75) is 0 Å². The van der Waals surface area contributed by atoms with Crippen LogP contribution in [0, 0.1) is 0 Å². The molecule has 0 spiro atoms. The molecule has 8 aromatic rings. The molecular weight excluding hydrogens is 560 g/mol. The zero-order valence-corrected chi connectivity index (χ0v) is 25.0. The van der Waals surface area contributed by atoms with Gasteiger partial charge in [0.2, 0.25) is 0 Å². The number of benzene rings is 6. The Hall–Kier alpha value is -6.26. The zero-order valence-electron chi connectivity index (χ0n) is 25.0. The number of hydrogen-bond acceptors (Lipinski definition) is 4. The fourth-order valence-corrected chi connectivity index (χ4v) is 5.97. The zero-order chi connectivity index (χ0) is 30.7. The summed E-state index contributed by atoms with van der Waals surface area (Å²) in [7, 11) is 0. The minimum absolute atomic E-state index is 0.641. The molecule has 2 heterocycles. The molecule has 0 atom stereocenters. The van der Waals surface area contributed by atoms with Crippen LogP contribution in [0.2, 0.25) is 0 Å². The molecule has 0 aliphatic rings. The predicted molar refractivity (Wildman–Crippen MR) is 188 cm³/mol. The van der Waals surface area contributed by atoms with Crippen LogP contribution in [-0.2, 0) is 0 Å². The average molecular weight is 589 g/mol. The summed E-state index contributed by atoms with van der Waals surface area (Å²) in [5, 5.41) is 2.39. The Morgan fingerprint density at radius 2 is 0.739 bits per heavy atom. The van der Waals surface area contributed by atoms with Gasteiger partial charge in [-0.2, -0.15) is 0 Å². The Morgan fingerprint density at radius 1 is 0.304 bits per heavy atom. The van der Waals surface area contributed by atoms with E-state index in [4.69, 9.17) is 15.0 Å².